The molecular weight excluding hydrogens is 200 g/mol. The standard InChI is InChI=1S/C13H20N2O/c1-3-4-5-8-15-10-14-12-9-11(16-2)6-7-13(12)15/h6-7,9,14H,3-5,8,10H2,1-2H3. The molecule has 0 aliphatic carbocycles. The van der Waals surface area contributed by atoms with Crippen molar-refractivity contribution in [1.82, 2.24) is 0 Å². The maximum absolute atomic E-state index is 5.21. The van der Waals surface area contributed by atoms with Gasteiger partial charge in [0, 0.05) is 12.6 Å². The molecule has 0 amide bonds. The second kappa shape index (κ2) is 5.10. The Balaban J connectivity index is 2.02. The lowest BCUT2D eigenvalue weighted by Crippen LogP contribution is -2.23. The van der Waals surface area contributed by atoms with Crippen LogP contribution in [0.1, 0.15) is 26.2 Å². The fourth-order valence-electron chi connectivity index (χ4n) is 2.08. The van der Waals surface area contributed by atoms with E-state index < -0.39 is 0 Å². The Bertz CT molecular complexity index is 352. The van der Waals surface area contributed by atoms with Gasteiger partial charge in [-0.25, -0.2) is 0 Å². The fraction of sp³-hybridized carbons (Fsp3) is 0.538. The summed E-state index contributed by atoms with van der Waals surface area (Å²) in [4.78, 5) is 2.39. The number of methoxy groups -OCH3 is 1. The summed E-state index contributed by atoms with van der Waals surface area (Å²) in [6.45, 7) is 4.30. The van der Waals surface area contributed by atoms with E-state index in [-0.39, 0.29) is 0 Å². The number of unbranched alkanes of at least 4 members (excludes halogenated alkanes) is 2. The van der Waals surface area contributed by atoms with Crippen molar-refractivity contribution >= 4 is 11.4 Å². The van der Waals surface area contributed by atoms with E-state index in [0.29, 0.717) is 0 Å². The number of rotatable bonds is 5. The maximum Gasteiger partial charge on any atom is 0.121 e. The quantitative estimate of drug-likeness (QED) is 0.772. The summed E-state index contributed by atoms with van der Waals surface area (Å²) in [6.07, 6.45) is 3.85. The lowest BCUT2D eigenvalue weighted by atomic mass is 10.2. The highest BCUT2D eigenvalue weighted by Gasteiger charge is 2.17. The van der Waals surface area contributed by atoms with Crippen LogP contribution in [0.4, 0.5) is 11.4 Å². The van der Waals surface area contributed by atoms with Crippen LogP contribution in [-0.4, -0.2) is 20.3 Å². The van der Waals surface area contributed by atoms with Crippen LogP contribution in [0, 0.1) is 0 Å². The Hall–Kier alpha value is -1.38. The van der Waals surface area contributed by atoms with Gasteiger partial charge in [0.2, 0.25) is 0 Å². The first-order valence-corrected chi connectivity index (χ1v) is 6.02. The normalized spacial score (nSPS) is 13.5. The highest BCUT2D eigenvalue weighted by atomic mass is 16.5. The van der Waals surface area contributed by atoms with Crippen LogP contribution in [-0.2, 0) is 0 Å². The minimum absolute atomic E-state index is 0.918. The molecule has 1 aromatic rings. The predicted molar refractivity (Wildman–Crippen MR) is 68.4 cm³/mol. The summed E-state index contributed by atoms with van der Waals surface area (Å²) in [5.41, 5.74) is 2.49. The number of hydrogen-bond donors (Lipinski definition) is 1. The first kappa shape index (κ1) is 11.1. The van der Waals surface area contributed by atoms with Gasteiger partial charge in [-0.1, -0.05) is 19.8 Å². The van der Waals surface area contributed by atoms with E-state index in [1.807, 2.05) is 6.07 Å². The molecule has 16 heavy (non-hydrogen) atoms. The monoisotopic (exact) mass is 220 g/mol. The molecule has 3 heteroatoms. The van der Waals surface area contributed by atoms with Crippen molar-refractivity contribution in [1.29, 1.82) is 0 Å². The van der Waals surface area contributed by atoms with E-state index >= 15 is 0 Å². The van der Waals surface area contributed by atoms with Crippen LogP contribution in [0.25, 0.3) is 0 Å². The summed E-state index contributed by atoms with van der Waals surface area (Å²) in [7, 11) is 1.70. The Morgan fingerprint density at radius 1 is 1.38 bits per heavy atom. The summed E-state index contributed by atoms with van der Waals surface area (Å²) in [5, 5.41) is 3.40. The van der Waals surface area contributed by atoms with E-state index in [1.165, 1.54) is 30.6 Å². The van der Waals surface area contributed by atoms with Gasteiger partial charge in [-0.15, -0.1) is 0 Å². The van der Waals surface area contributed by atoms with Crippen molar-refractivity contribution in [3.63, 3.8) is 0 Å². The van der Waals surface area contributed by atoms with Gasteiger partial charge in [0.05, 0.1) is 25.2 Å². The third-order valence-corrected chi connectivity index (χ3v) is 3.04. The summed E-state index contributed by atoms with van der Waals surface area (Å²) in [6, 6.07) is 6.23. The number of nitrogens with one attached hydrogen (secondary N) is 1. The van der Waals surface area contributed by atoms with Gasteiger partial charge in [-0.05, 0) is 18.6 Å². The summed E-state index contributed by atoms with van der Waals surface area (Å²) in [5.74, 6) is 0.918. The second-order valence-corrected chi connectivity index (χ2v) is 4.19. The van der Waals surface area contributed by atoms with E-state index in [0.717, 1.165) is 19.0 Å². The third kappa shape index (κ3) is 2.23. The van der Waals surface area contributed by atoms with E-state index in [9.17, 15) is 0 Å². The van der Waals surface area contributed by atoms with Gasteiger partial charge in [0.1, 0.15) is 5.75 Å². The third-order valence-electron chi connectivity index (χ3n) is 3.04. The van der Waals surface area contributed by atoms with Crippen molar-refractivity contribution in [3.8, 4) is 5.75 Å². The van der Waals surface area contributed by atoms with Crippen LogP contribution < -0.4 is 15.0 Å². The lowest BCUT2D eigenvalue weighted by Gasteiger charge is -2.17. The highest BCUT2D eigenvalue weighted by molar-refractivity contribution is 5.76. The SMILES string of the molecule is CCCCCN1CNc2cc(OC)ccc21. The number of fused-ring (bicyclic) bond motifs is 1. The molecule has 0 spiro atoms. The first-order chi connectivity index (χ1) is 7.85. The molecule has 0 bridgehead atoms. The van der Waals surface area contributed by atoms with Gasteiger partial charge in [-0.2, -0.15) is 0 Å². The molecule has 1 aromatic carbocycles. The maximum atomic E-state index is 5.21. The molecule has 1 N–H and O–H groups in total. The Kier molecular flexibility index (Phi) is 3.54. The zero-order chi connectivity index (χ0) is 11.4. The summed E-state index contributed by atoms with van der Waals surface area (Å²) < 4.78 is 5.21. The molecule has 1 aliphatic heterocycles. The fourth-order valence-corrected chi connectivity index (χ4v) is 2.08. The van der Waals surface area contributed by atoms with Crippen LogP contribution >= 0.6 is 0 Å². The molecule has 0 atom stereocenters. The molecule has 1 heterocycles. The van der Waals surface area contributed by atoms with Crippen molar-refractivity contribution in [2.24, 2.45) is 0 Å². The minimum Gasteiger partial charge on any atom is -0.497 e. The number of hydrogen-bond acceptors (Lipinski definition) is 3. The van der Waals surface area contributed by atoms with E-state index in [2.05, 4.69) is 29.3 Å². The second-order valence-electron chi connectivity index (χ2n) is 4.19. The van der Waals surface area contributed by atoms with E-state index in [4.69, 9.17) is 4.74 Å². The van der Waals surface area contributed by atoms with Crippen molar-refractivity contribution < 1.29 is 4.74 Å². The highest BCUT2D eigenvalue weighted by Crippen LogP contribution is 2.34. The van der Waals surface area contributed by atoms with Gasteiger partial charge >= 0.3 is 0 Å². The van der Waals surface area contributed by atoms with Crippen LogP contribution in [0.2, 0.25) is 0 Å². The largest absolute Gasteiger partial charge is 0.497 e. The Morgan fingerprint density at radius 2 is 2.25 bits per heavy atom. The van der Waals surface area contributed by atoms with Crippen LogP contribution in [0.5, 0.6) is 5.75 Å². The molecular formula is C13H20N2O. The molecule has 1 aliphatic rings. The molecule has 2 rings (SSSR count). The van der Waals surface area contributed by atoms with Gasteiger partial charge in [0.15, 0.2) is 0 Å². The molecule has 0 fully saturated rings. The minimum atomic E-state index is 0.918. The topological polar surface area (TPSA) is 24.5 Å². The Morgan fingerprint density at radius 3 is 3.00 bits per heavy atom. The number of nitrogens with zero attached hydrogens (tertiary/aromatic N) is 1. The zero-order valence-corrected chi connectivity index (χ0v) is 10.1. The van der Waals surface area contributed by atoms with E-state index in [1.54, 1.807) is 7.11 Å². The Labute approximate surface area is 97.4 Å². The van der Waals surface area contributed by atoms with Crippen LogP contribution in [0.15, 0.2) is 18.2 Å². The van der Waals surface area contributed by atoms with Gasteiger partial charge < -0.3 is 15.0 Å². The number of anilines is 2. The predicted octanol–water partition coefficient (Wildman–Crippen LogP) is 3.07. The average molecular weight is 220 g/mol. The molecule has 0 aromatic heterocycles. The zero-order valence-electron chi connectivity index (χ0n) is 10.1. The lowest BCUT2D eigenvalue weighted by molar-refractivity contribution is 0.415. The van der Waals surface area contributed by atoms with Crippen LogP contribution in [0.3, 0.4) is 0 Å². The molecule has 0 radical (unpaired) electrons. The molecule has 0 unspecified atom stereocenters. The average Bonchev–Trinajstić information content (AvgIpc) is 2.72. The van der Waals surface area contributed by atoms with Gasteiger partial charge in [-0.3, -0.25) is 0 Å². The molecule has 88 valence electrons. The molecule has 0 saturated heterocycles. The molecule has 0 saturated carbocycles. The molecule has 3 nitrogen and oxygen atoms in total. The van der Waals surface area contributed by atoms with Gasteiger partial charge in [0.25, 0.3) is 0 Å². The van der Waals surface area contributed by atoms with Crippen molar-refractivity contribution in [3.05, 3.63) is 18.2 Å². The summed E-state index contributed by atoms with van der Waals surface area (Å²) >= 11 is 0. The number of ether oxygens (including phenoxy) is 1. The van der Waals surface area contributed by atoms with Crippen molar-refractivity contribution in [2.75, 3.05) is 30.5 Å². The number of benzene rings is 1. The first-order valence-electron chi connectivity index (χ1n) is 6.02. The van der Waals surface area contributed by atoms with Crippen molar-refractivity contribution in [2.45, 2.75) is 26.2 Å². The smallest absolute Gasteiger partial charge is 0.121 e.